The molecule has 0 fully saturated rings. The van der Waals surface area contributed by atoms with E-state index in [0.717, 1.165) is 11.5 Å². The Morgan fingerprint density at radius 2 is 1.12 bits per heavy atom. The molecule has 2 aromatic carbocycles. The molecule has 4 heteroatoms. The summed E-state index contributed by atoms with van der Waals surface area (Å²) in [5, 5.41) is 0. The minimum absolute atomic E-state index is 0.367. The molecule has 2 rings (SSSR count). The van der Waals surface area contributed by atoms with E-state index in [-0.39, 0.29) is 0 Å². The molecule has 24 heavy (non-hydrogen) atoms. The molecular weight excluding hydrogens is 339 g/mol. The molecule has 0 saturated carbocycles. The van der Waals surface area contributed by atoms with Crippen molar-refractivity contribution >= 4 is 19.0 Å². The normalized spacial score (nSPS) is 11.4. The molecular formula is C20H26ClO2P. The van der Waals surface area contributed by atoms with Gasteiger partial charge >= 0.3 is 7.73 Å². The van der Waals surface area contributed by atoms with Crippen LogP contribution in [0.5, 0.6) is 11.5 Å². The topological polar surface area (TPSA) is 18.5 Å². The summed E-state index contributed by atoms with van der Waals surface area (Å²) in [6.07, 6.45) is 0. The highest BCUT2D eigenvalue weighted by Gasteiger charge is 2.19. The Labute approximate surface area is 151 Å². The van der Waals surface area contributed by atoms with Crippen molar-refractivity contribution in [2.75, 3.05) is 0 Å². The highest BCUT2D eigenvalue weighted by Crippen LogP contribution is 2.48. The van der Waals surface area contributed by atoms with Crippen LogP contribution in [-0.4, -0.2) is 0 Å². The molecule has 2 aromatic rings. The molecule has 0 saturated heterocycles. The molecule has 2 nitrogen and oxygen atoms in total. The molecule has 0 N–H and O–H groups in total. The summed E-state index contributed by atoms with van der Waals surface area (Å²) in [5.74, 6) is 2.35. The van der Waals surface area contributed by atoms with Gasteiger partial charge in [-0.2, -0.15) is 0 Å². The predicted molar refractivity (Wildman–Crippen MR) is 105 cm³/mol. The maximum atomic E-state index is 6.43. The third-order valence-corrected chi connectivity index (χ3v) is 5.16. The fraction of sp³-hybridized carbons (Fsp3) is 0.400. The van der Waals surface area contributed by atoms with Gasteiger partial charge < -0.3 is 9.05 Å². The molecule has 0 unspecified atom stereocenters. The van der Waals surface area contributed by atoms with Crippen molar-refractivity contribution in [2.45, 2.75) is 53.4 Å². The summed E-state index contributed by atoms with van der Waals surface area (Å²) in [6.45, 7) is 12.8. The SMILES string of the molecule is Cc1cccc(OP(Cl)Oc2cccc(C)c2C(C)C)c1C(C)C. The van der Waals surface area contributed by atoms with E-state index in [0.29, 0.717) is 11.8 Å². The number of benzene rings is 2. The first-order valence-electron chi connectivity index (χ1n) is 8.32. The monoisotopic (exact) mass is 364 g/mol. The van der Waals surface area contributed by atoms with Crippen LogP contribution in [0.15, 0.2) is 36.4 Å². The number of rotatable bonds is 6. The van der Waals surface area contributed by atoms with Gasteiger partial charge in [-0.25, -0.2) is 0 Å². The molecule has 0 atom stereocenters. The predicted octanol–water partition coefficient (Wildman–Crippen LogP) is 7.47. The Bertz CT molecular complexity index is 639. The Hall–Kier alpha value is -1.24. The molecule has 0 amide bonds. The van der Waals surface area contributed by atoms with Crippen molar-refractivity contribution < 1.29 is 9.05 Å². The first-order chi connectivity index (χ1) is 11.3. The van der Waals surface area contributed by atoms with Crippen LogP contribution < -0.4 is 9.05 Å². The lowest BCUT2D eigenvalue weighted by Crippen LogP contribution is -2.01. The lowest BCUT2D eigenvalue weighted by atomic mass is 9.97. The van der Waals surface area contributed by atoms with Crippen LogP contribution in [-0.2, 0) is 0 Å². The number of halogens is 1. The second-order valence-corrected chi connectivity index (χ2v) is 8.30. The van der Waals surface area contributed by atoms with E-state index >= 15 is 0 Å². The van der Waals surface area contributed by atoms with E-state index in [2.05, 4.69) is 53.7 Å². The summed E-state index contributed by atoms with van der Waals surface area (Å²) in [7, 11) is -1.57. The molecule has 0 radical (unpaired) electrons. The maximum Gasteiger partial charge on any atom is 0.401 e. The van der Waals surface area contributed by atoms with Gasteiger partial charge in [-0.15, -0.1) is 0 Å². The molecule has 130 valence electrons. The van der Waals surface area contributed by atoms with Gasteiger partial charge in [0.05, 0.1) is 0 Å². The minimum atomic E-state index is -1.57. The van der Waals surface area contributed by atoms with Crippen molar-refractivity contribution in [1.29, 1.82) is 0 Å². The van der Waals surface area contributed by atoms with Gasteiger partial charge in [0.2, 0.25) is 0 Å². The lowest BCUT2D eigenvalue weighted by molar-refractivity contribution is 0.496. The van der Waals surface area contributed by atoms with Crippen molar-refractivity contribution in [3.63, 3.8) is 0 Å². The van der Waals surface area contributed by atoms with Gasteiger partial charge in [-0.05, 0) is 60.2 Å². The summed E-state index contributed by atoms with van der Waals surface area (Å²) < 4.78 is 11.9. The highest BCUT2D eigenvalue weighted by molar-refractivity contribution is 7.76. The van der Waals surface area contributed by atoms with Gasteiger partial charge in [-0.1, -0.05) is 52.0 Å². The zero-order valence-electron chi connectivity index (χ0n) is 15.3. The zero-order valence-corrected chi connectivity index (χ0v) is 16.9. The largest absolute Gasteiger partial charge is 0.427 e. The maximum absolute atomic E-state index is 6.43. The summed E-state index contributed by atoms with van der Waals surface area (Å²) in [4.78, 5) is 0. The molecule has 0 spiro atoms. The van der Waals surface area contributed by atoms with E-state index in [1.54, 1.807) is 0 Å². The quantitative estimate of drug-likeness (QED) is 0.495. The van der Waals surface area contributed by atoms with E-state index < -0.39 is 7.73 Å². The van der Waals surface area contributed by atoms with Crippen molar-refractivity contribution in [3.8, 4) is 11.5 Å². The second kappa shape index (κ2) is 8.23. The van der Waals surface area contributed by atoms with Crippen LogP contribution in [0.1, 0.15) is 61.8 Å². The third kappa shape index (κ3) is 4.43. The average Bonchev–Trinajstić information content (AvgIpc) is 2.46. The van der Waals surface area contributed by atoms with Crippen LogP contribution >= 0.6 is 19.0 Å². The van der Waals surface area contributed by atoms with Gasteiger partial charge in [0.15, 0.2) is 0 Å². The van der Waals surface area contributed by atoms with Gasteiger partial charge in [0, 0.05) is 11.1 Å². The Balaban J connectivity index is 2.23. The smallest absolute Gasteiger partial charge is 0.401 e. The van der Waals surface area contributed by atoms with Crippen LogP contribution in [0.4, 0.5) is 0 Å². The summed E-state index contributed by atoms with van der Waals surface area (Å²) in [6, 6.07) is 12.1. The fourth-order valence-electron chi connectivity index (χ4n) is 3.12. The lowest BCUT2D eigenvalue weighted by Gasteiger charge is -2.21. The first kappa shape index (κ1) is 19.1. The van der Waals surface area contributed by atoms with Crippen LogP contribution in [0.3, 0.4) is 0 Å². The average molecular weight is 365 g/mol. The van der Waals surface area contributed by atoms with Gasteiger partial charge in [-0.3, -0.25) is 0 Å². The van der Waals surface area contributed by atoms with E-state index in [1.165, 1.54) is 22.3 Å². The molecule has 0 aliphatic rings. The Morgan fingerprint density at radius 3 is 1.46 bits per heavy atom. The number of aryl methyl sites for hydroxylation is 2. The highest BCUT2D eigenvalue weighted by atomic mass is 35.7. The second-order valence-electron chi connectivity index (χ2n) is 6.68. The zero-order chi connectivity index (χ0) is 17.9. The van der Waals surface area contributed by atoms with Gasteiger partial charge in [0.25, 0.3) is 0 Å². The van der Waals surface area contributed by atoms with Crippen LogP contribution in [0.25, 0.3) is 0 Å². The molecule has 0 heterocycles. The van der Waals surface area contributed by atoms with Crippen molar-refractivity contribution in [1.82, 2.24) is 0 Å². The Morgan fingerprint density at radius 1 is 0.750 bits per heavy atom. The van der Waals surface area contributed by atoms with Crippen molar-refractivity contribution in [2.24, 2.45) is 0 Å². The van der Waals surface area contributed by atoms with Gasteiger partial charge in [0.1, 0.15) is 11.5 Å². The molecule has 0 aromatic heterocycles. The first-order valence-corrected chi connectivity index (χ1v) is 10.4. The van der Waals surface area contributed by atoms with E-state index in [4.69, 9.17) is 20.3 Å². The third-order valence-electron chi connectivity index (χ3n) is 4.06. The molecule has 0 aliphatic heterocycles. The van der Waals surface area contributed by atoms with E-state index in [1.807, 2.05) is 24.3 Å². The van der Waals surface area contributed by atoms with Crippen LogP contribution in [0, 0.1) is 13.8 Å². The fourth-order valence-corrected chi connectivity index (χ4v) is 4.23. The standard InChI is InChI=1S/C20H26ClO2P/c1-13(2)19-15(5)9-7-11-17(19)22-24(21)23-18-12-8-10-16(6)20(18)14(3)4/h7-14H,1-6H3. The Kier molecular flexibility index (Phi) is 6.54. The summed E-state index contributed by atoms with van der Waals surface area (Å²) >= 11 is 6.43. The molecule has 0 bridgehead atoms. The summed E-state index contributed by atoms with van der Waals surface area (Å²) in [5.41, 5.74) is 4.78. The van der Waals surface area contributed by atoms with Crippen LogP contribution in [0.2, 0.25) is 0 Å². The molecule has 0 aliphatic carbocycles. The number of hydrogen-bond acceptors (Lipinski definition) is 2. The van der Waals surface area contributed by atoms with Crippen molar-refractivity contribution in [3.05, 3.63) is 58.7 Å². The van der Waals surface area contributed by atoms with E-state index in [9.17, 15) is 0 Å². The minimum Gasteiger partial charge on any atom is -0.427 e. The number of hydrogen-bond donors (Lipinski definition) is 0.